The molecule has 0 aromatic carbocycles. The predicted molar refractivity (Wildman–Crippen MR) is 72.3 cm³/mol. The highest BCUT2D eigenvalue weighted by Gasteiger charge is 2.66. The van der Waals surface area contributed by atoms with Crippen LogP contribution in [0, 0.1) is 10.8 Å². The second-order valence-corrected chi connectivity index (χ2v) is 8.01. The Hall–Kier alpha value is -0.0800. The van der Waals surface area contributed by atoms with Gasteiger partial charge in [0, 0.05) is 6.42 Å². The molecule has 2 nitrogen and oxygen atoms in total. The summed E-state index contributed by atoms with van der Waals surface area (Å²) in [5.74, 6) is 0. The van der Waals surface area contributed by atoms with E-state index in [4.69, 9.17) is 0 Å². The van der Waals surface area contributed by atoms with E-state index in [0.717, 1.165) is 25.7 Å². The quantitative estimate of drug-likeness (QED) is 0.805. The van der Waals surface area contributed by atoms with Crippen molar-refractivity contribution in [1.82, 2.24) is 0 Å². The molecule has 0 aromatic rings. The fourth-order valence-corrected chi connectivity index (χ4v) is 6.54. The first-order chi connectivity index (χ1) is 8.36. The molecule has 4 saturated carbocycles. The smallest absolute Gasteiger partial charge is 0.0685 e. The maximum absolute atomic E-state index is 10.9. The van der Waals surface area contributed by atoms with Gasteiger partial charge in [0.1, 0.15) is 0 Å². The Balaban J connectivity index is 1.98. The van der Waals surface area contributed by atoms with Crippen LogP contribution >= 0.6 is 0 Å². The van der Waals surface area contributed by atoms with E-state index in [1.54, 1.807) is 0 Å². The van der Waals surface area contributed by atoms with Gasteiger partial charge >= 0.3 is 0 Å². The Morgan fingerprint density at radius 1 is 0.667 bits per heavy atom. The molecule has 4 fully saturated rings. The van der Waals surface area contributed by atoms with Crippen molar-refractivity contribution in [2.45, 2.75) is 89.3 Å². The van der Waals surface area contributed by atoms with E-state index in [9.17, 15) is 10.2 Å². The molecular weight excluding hydrogens is 224 g/mol. The van der Waals surface area contributed by atoms with Crippen LogP contribution in [0.3, 0.4) is 0 Å². The molecule has 4 rings (SSSR count). The Kier molecular flexibility index (Phi) is 2.68. The SMILES string of the molecule is CCCC12CC3(O)CC(O)(C1)CC(CCC)(C3)C2. The third-order valence-corrected chi connectivity index (χ3v) is 5.79. The lowest BCUT2D eigenvalue weighted by Crippen LogP contribution is -2.66. The number of aliphatic hydroxyl groups is 2. The monoisotopic (exact) mass is 252 g/mol. The lowest BCUT2D eigenvalue weighted by atomic mass is 9.40. The summed E-state index contributed by atoms with van der Waals surface area (Å²) >= 11 is 0. The molecule has 4 aliphatic carbocycles. The molecule has 0 spiro atoms. The van der Waals surface area contributed by atoms with Gasteiger partial charge in [-0.15, -0.1) is 0 Å². The fraction of sp³-hybridized carbons (Fsp3) is 1.00. The summed E-state index contributed by atoms with van der Waals surface area (Å²) in [4.78, 5) is 0. The summed E-state index contributed by atoms with van der Waals surface area (Å²) in [6.07, 6.45) is 10.4. The molecule has 0 aromatic heterocycles. The van der Waals surface area contributed by atoms with E-state index in [2.05, 4.69) is 13.8 Å². The summed E-state index contributed by atoms with van der Waals surface area (Å²) in [6.45, 7) is 4.47. The minimum atomic E-state index is -0.562. The second-order valence-electron chi connectivity index (χ2n) is 8.01. The predicted octanol–water partition coefficient (Wildman–Crippen LogP) is 3.40. The van der Waals surface area contributed by atoms with Crippen molar-refractivity contribution in [3.8, 4) is 0 Å². The van der Waals surface area contributed by atoms with Crippen molar-refractivity contribution in [3.63, 3.8) is 0 Å². The van der Waals surface area contributed by atoms with Gasteiger partial charge in [-0.1, -0.05) is 26.7 Å². The second kappa shape index (κ2) is 3.73. The van der Waals surface area contributed by atoms with Gasteiger partial charge in [-0.3, -0.25) is 0 Å². The zero-order valence-electron chi connectivity index (χ0n) is 12.0. The Bertz CT molecular complexity index is 303. The largest absolute Gasteiger partial charge is 0.390 e. The Morgan fingerprint density at radius 3 is 1.39 bits per heavy atom. The molecule has 0 unspecified atom stereocenters. The van der Waals surface area contributed by atoms with Gasteiger partial charge < -0.3 is 10.2 Å². The van der Waals surface area contributed by atoms with Crippen LogP contribution in [0.2, 0.25) is 0 Å². The summed E-state index contributed by atoms with van der Waals surface area (Å²) in [6, 6.07) is 0. The summed E-state index contributed by atoms with van der Waals surface area (Å²) in [5, 5.41) is 21.8. The maximum atomic E-state index is 10.9. The highest BCUT2D eigenvalue weighted by atomic mass is 16.3. The van der Waals surface area contributed by atoms with Gasteiger partial charge in [0.2, 0.25) is 0 Å². The first-order valence-corrected chi connectivity index (χ1v) is 7.81. The van der Waals surface area contributed by atoms with Crippen LogP contribution in [-0.4, -0.2) is 21.4 Å². The molecule has 4 bridgehead atoms. The van der Waals surface area contributed by atoms with Crippen LogP contribution < -0.4 is 0 Å². The van der Waals surface area contributed by atoms with Crippen molar-refractivity contribution in [3.05, 3.63) is 0 Å². The van der Waals surface area contributed by atoms with E-state index < -0.39 is 11.2 Å². The Morgan fingerprint density at radius 2 is 1.06 bits per heavy atom. The average molecular weight is 252 g/mol. The van der Waals surface area contributed by atoms with Crippen molar-refractivity contribution in [2.75, 3.05) is 0 Å². The first-order valence-electron chi connectivity index (χ1n) is 7.81. The molecule has 104 valence electrons. The van der Waals surface area contributed by atoms with Crippen LogP contribution in [0.1, 0.15) is 78.1 Å². The molecule has 0 radical (unpaired) electrons. The molecule has 2 heteroatoms. The fourth-order valence-electron chi connectivity index (χ4n) is 6.54. The third-order valence-electron chi connectivity index (χ3n) is 5.79. The molecule has 0 saturated heterocycles. The van der Waals surface area contributed by atoms with E-state index in [1.165, 1.54) is 32.1 Å². The van der Waals surface area contributed by atoms with Crippen molar-refractivity contribution >= 4 is 0 Å². The van der Waals surface area contributed by atoms with Gasteiger partial charge in [0.05, 0.1) is 11.2 Å². The molecule has 0 aliphatic heterocycles. The standard InChI is InChI=1S/C16H28O2/c1-3-5-13-7-14(6-4-2)10-15(17,8-13)12-16(18,9-13)11-14/h17-18H,3-12H2,1-2H3. The van der Waals surface area contributed by atoms with Gasteiger partial charge in [0.15, 0.2) is 0 Å². The summed E-state index contributed by atoms with van der Waals surface area (Å²) in [7, 11) is 0. The number of rotatable bonds is 4. The van der Waals surface area contributed by atoms with E-state index >= 15 is 0 Å². The molecule has 18 heavy (non-hydrogen) atoms. The van der Waals surface area contributed by atoms with E-state index in [-0.39, 0.29) is 10.8 Å². The zero-order valence-corrected chi connectivity index (χ0v) is 12.0. The van der Waals surface area contributed by atoms with Crippen molar-refractivity contribution in [2.24, 2.45) is 10.8 Å². The minimum Gasteiger partial charge on any atom is -0.390 e. The third kappa shape index (κ3) is 1.84. The van der Waals surface area contributed by atoms with Crippen molar-refractivity contribution < 1.29 is 10.2 Å². The minimum absolute atomic E-state index is 0.238. The van der Waals surface area contributed by atoms with Crippen LogP contribution in [0.4, 0.5) is 0 Å². The summed E-state index contributed by atoms with van der Waals surface area (Å²) in [5.41, 5.74) is -0.647. The highest BCUT2D eigenvalue weighted by Crippen LogP contribution is 2.70. The topological polar surface area (TPSA) is 40.5 Å². The van der Waals surface area contributed by atoms with Crippen molar-refractivity contribution in [1.29, 1.82) is 0 Å². The molecule has 0 atom stereocenters. The lowest BCUT2D eigenvalue weighted by Gasteiger charge is -2.68. The van der Waals surface area contributed by atoms with Gasteiger partial charge in [-0.05, 0) is 55.8 Å². The summed E-state index contributed by atoms with van der Waals surface area (Å²) < 4.78 is 0. The lowest BCUT2D eigenvalue weighted by molar-refractivity contribution is -0.262. The molecule has 0 amide bonds. The first kappa shape index (κ1) is 12.9. The van der Waals surface area contributed by atoms with Gasteiger partial charge in [0.25, 0.3) is 0 Å². The van der Waals surface area contributed by atoms with E-state index in [0.29, 0.717) is 6.42 Å². The van der Waals surface area contributed by atoms with Crippen LogP contribution in [0.15, 0.2) is 0 Å². The van der Waals surface area contributed by atoms with E-state index in [1.807, 2.05) is 0 Å². The number of hydrogen-bond acceptors (Lipinski definition) is 2. The molecular formula is C16H28O2. The maximum Gasteiger partial charge on any atom is 0.0685 e. The zero-order chi connectivity index (χ0) is 13.1. The van der Waals surface area contributed by atoms with Gasteiger partial charge in [-0.2, -0.15) is 0 Å². The van der Waals surface area contributed by atoms with Crippen LogP contribution in [0.25, 0.3) is 0 Å². The van der Waals surface area contributed by atoms with Gasteiger partial charge in [-0.25, -0.2) is 0 Å². The molecule has 2 N–H and O–H groups in total. The Labute approximate surface area is 111 Å². The number of hydrogen-bond donors (Lipinski definition) is 2. The molecule has 4 aliphatic rings. The molecule has 0 heterocycles. The van der Waals surface area contributed by atoms with Crippen LogP contribution in [-0.2, 0) is 0 Å². The highest BCUT2D eigenvalue weighted by molar-refractivity contribution is 5.18. The average Bonchev–Trinajstić information content (AvgIpc) is 2.09. The van der Waals surface area contributed by atoms with Crippen LogP contribution in [0.5, 0.6) is 0 Å². The normalized spacial score (nSPS) is 54.0.